The van der Waals surface area contributed by atoms with Crippen molar-refractivity contribution in [3.63, 3.8) is 0 Å². The molecule has 0 amide bonds. The topological polar surface area (TPSA) is 60.8 Å². The quantitative estimate of drug-likeness (QED) is 0.853. The number of hydrogen-bond acceptors (Lipinski definition) is 3. The van der Waals surface area contributed by atoms with Crippen molar-refractivity contribution in [3.8, 4) is 0 Å². The Morgan fingerprint density at radius 2 is 2.11 bits per heavy atom. The van der Waals surface area contributed by atoms with E-state index < -0.39 is 18.1 Å². The summed E-state index contributed by atoms with van der Waals surface area (Å²) in [5.74, 6) is -0.791. The smallest absolute Gasteiger partial charge is 0.320 e. The highest BCUT2D eigenvalue weighted by Crippen LogP contribution is 2.28. The van der Waals surface area contributed by atoms with E-state index in [0.29, 0.717) is 6.42 Å². The van der Waals surface area contributed by atoms with Gasteiger partial charge in [-0.1, -0.05) is 30.3 Å². The van der Waals surface area contributed by atoms with E-state index in [1.807, 2.05) is 35.2 Å². The van der Waals surface area contributed by atoms with Crippen molar-refractivity contribution in [3.05, 3.63) is 35.9 Å². The number of rotatable bonds is 5. The van der Waals surface area contributed by atoms with Crippen molar-refractivity contribution < 1.29 is 15.0 Å². The number of aliphatic carboxylic acids is 1. The Kier molecular flexibility index (Phi) is 4.56. The van der Waals surface area contributed by atoms with Crippen molar-refractivity contribution in [1.82, 2.24) is 4.90 Å². The minimum atomic E-state index is -0.791. The van der Waals surface area contributed by atoms with Gasteiger partial charge in [0.1, 0.15) is 6.04 Å². The van der Waals surface area contributed by atoms with Gasteiger partial charge in [-0.15, -0.1) is 0 Å². The van der Waals surface area contributed by atoms with Gasteiger partial charge in [-0.2, -0.15) is 0 Å². The van der Waals surface area contributed by atoms with Gasteiger partial charge in [-0.3, -0.25) is 9.69 Å². The number of nitrogens with zero attached hydrogens (tertiary/aromatic N) is 1. The van der Waals surface area contributed by atoms with E-state index in [4.69, 9.17) is 5.11 Å². The zero-order valence-electron chi connectivity index (χ0n) is 11.2. The molecule has 0 unspecified atom stereocenters. The lowest BCUT2D eigenvalue weighted by atomic mass is 10.00. The number of benzene rings is 1. The third-order valence-corrected chi connectivity index (χ3v) is 3.96. The Hall–Kier alpha value is -1.39. The number of aliphatic hydroxyl groups is 1. The van der Waals surface area contributed by atoms with Crippen LogP contribution in [0, 0.1) is 0 Å². The average molecular weight is 263 g/mol. The Labute approximate surface area is 113 Å². The molecular weight excluding hydrogens is 242 g/mol. The number of carboxylic acids is 1. The molecule has 1 saturated heterocycles. The number of carboxylic acid groups (broad SMARTS) is 1. The molecule has 19 heavy (non-hydrogen) atoms. The highest BCUT2D eigenvalue weighted by Gasteiger charge is 2.33. The van der Waals surface area contributed by atoms with Gasteiger partial charge in [0.2, 0.25) is 0 Å². The molecule has 4 nitrogen and oxygen atoms in total. The second-order valence-electron chi connectivity index (χ2n) is 5.21. The van der Waals surface area contributed by atoms with E-state index in [-0.39, 0.29) is 6.04 Å². The van der Waals surface area contributed by atoms with Crippen LogP contribution in [0.15, 0.2) is 30.3 Å². The maximum absolute atomic E-state index is 11.1. The SMILES string of the molecule is C[C@H](C(=O)O)N1CCC[C@H]1C[C@@H](O)c1ccccc1. The third-order valence-electron chi connectivity index (χ3n) is 3.96. The molecule has 0 aromatic heterocycles. The van der Waals surface area contributed by atoms with Gasteiger partial charge >= 0.3 is 5.97 Å². The fraction of sp³-hybridized carbons (Fsp3) is 0.533. The first-order valence-electron chi connectivity index (χ1n) is 6.81. The van der Waals surface area contributed by atoms with Gasteiger partial charge in [0.25, 0.3) is 0 Å². The van der Waals surface area contributed by atoms with Crippen LogP contribution in [0.1, 0.15) is 37.9 Å². The fourth-order valence-electron chi connectivity index (χ4n) is 2.83. The number of hydrogen-bond donors (Lipinski definition) is 2. The van der Waals surface area contributed by atoms with Crippen LogP contribution in [0.25, 0.3) is 0 Å². The van der Waals surface area contributed by atoms with E-state index >= 15 is 0 Å². The predicted molar refractivity (Wildman–Crippen MR) is 72.8 cm³/mol. The Balaban J connectivity index is 2.00. The Morgan fingerprint density at radius 3 is 2.74 bits per heavy atom. The van der Waals surface area contributed by atoms with Crippen molar-refractivity contribution in [2.75, 3.05) is 6.54 Å². The summed E-state index contributed by atoms with van der Waals surface area (Å²) >= 11 is 0. The number of carbonyl (C=O) groups is 1. The molecule has 1 aromatic carbocycles. The van der Waals surface area contributed by atoms with E-state index in [2.05, 4.69) is 0 Å². The molecule has 0 bridgehead atoms. The largest absolute Gasteiger partial charge is 0.480 e. The van der Waals surface area contributed by atoms with Crippen LogP contribution in [-0.2, 0) is 4.79 Å². The molecule has 0 radical (unpaired) electrons. The first-order valence-corrected chi connectivity index (χ1v) is 6.81. The second kappa shape index (κ2) is 6.17. The van der Waals surface area contributed by atoms with Gasteiger partial charge in [0.15, 0.2) is 0 Å². The standard InChI is InChI=1S/C15H21NO3/c1-11(15(18)19)16-9-5-8-13(16)10-14(17)12-6-3-2-4-7-12/h2-4,6-7,11,13-14,17H,5,8-10H2,1H3,(H,18,19)/t11-,13+,14-/m1/s1. The van der Waals surface area contributed by atoms with Crippen LogP contribution in [0.2, 0.25) is 0 Å². The van der Waals surface area contributed by atoms with E-state index in [1.54, 1.807) is 6.92 Å². The van der Waals surface area contributed by atoms with E-state index in [0.717, 1.165) is 24.9 Å². The van der Waals surface area contributed by atoms with Crippen molar-refractivity contribution in [1.29, 1.82) is 0 Å². The molecular formula is C15H21NO3. The molecule has 2 N–H and O–H groups in total. The third kappa shape index (κ3) is 3.33. The molecule has 1 heterocycles. The lowest BCUT2D eigenvalue weighted by Crippen LogP contribution is -2.42. The van der Waals surface area contributed by atoms with Gasteiger partial charge in [-0.05, 0) is 38.3 Å². The normalized spacial score (nSPS) is 23.2. The molecule has 4 heteroatoms. The molecule has 1 fully saturated rings. The van der Waals surface area contributed by atoms with Crippen LogP contribution in [-0.4, -0.2) is 39.7 Å². The summed E-state index contributed by atoms with van der Waals surface area (Å²) in [7, 11) is 0. The predicted octanol–water partition coefficient (Wildman–Crippen LogP) is 2.05. The summed E-state index contributed by atoms with van der Waals surface area (Å²) in [4.78, 5) is 13.1. The molecule has 0 saturated carbocycles. The molecule has 0 spiro atoms. The first-order chi connectivity index (χ1) is 9.09. The van der Waals surface area contributed by atoms with Gasteiger partial charge < -0.3 is 10.2 Å². The molecule has 0 aliphatic carbocycles. The first kappa shape index (κ1) is 14.0. The lowest BCUT2D eigenvalue weighted by Gasteiger charge is -2.29. The number of likely N-dealkylation sites (tertiary alicyclic amines) is 1. The average Bonchev–Trinajstić information content (AvgIpc) is 2.86. The summed E-state index contributed by atoms with van der Waals surface area (Å²) in [6.07, 6.45) is 2.04. The van der Waals surface area contributed by atoms with Crippen molar-refractivity contribution in [2.45, 2.75) is 44.4 Å². The second-order valence-corrected chi connectivity index (χ2v) is 5.21. The highest BCUT2D eigenvalue weighted by atomic mass is 16.4. The molecule has 2 rings (SSSR count). The Morgan fingerprint density at radius 1 is 1.42 bits per heavy atom. The van der Waals surface area contributed by atoms with Gasteiger partial charge in [0, 0.05) is 6.04 Å². The highest BCUT2D eigenvalue weighted by molar-refractivity contribution is 5.73. The minimum Gasteiger partial charge on any atom is -0.480 e. The fourth-order valence-corrected chi connectivity index (χ4v) is 2.83. The lowest BCUT2D eigenvalue weighted by molar-refractivity contribution is -0.143. The summed E-state index contributed by atoms with van der Waals surface area (Å²) < 4.78 is 0. The van der Waals surface area contributed by atoms with E-state index in [9.17, 15) is 9.90 Å². The molecule has 1 aliphatic rings. The van der Waals surface area contributed by atoms with Gasteiger partial charge in [0.05, 0.1) is 6.10 Å². The number of aliphatic hydroxyl groups excluding tert-OH is 1. The van der Waals surface area contributed by atoms with Gasteiger partial charge in [-0.25, -0.2) is 0 Å². The van der Waals surface area contributed by atoms with Crippen LogP contribution in [0.5, 0.6) is 0 Å². The molecule has 3 atom stereocenters. The van der Waals surface area contributed by atoms with Crippen molar-refractivity contribution in [2.24, 2.45) is 0 Å². The van der Waals surface area contributed by atoms with Crippen LogP contribution in [0.4, 0.5) is 0 Å². The summed E-state index contributed by atoms with van der Waals surface area (Å²) in [6, 6.07) is 9.23. The van der Waals surface area contributed by atoms with Crippen LogP contribution >= 0.6 is 0 Å². The monoisotopic (exact) mass is 263 g/mol. The summed E-state index contributed by atoms with van der Waals surface area (Å²) in [6.45, 7) is 2.52. The zero-order chi connectivity index (χ0) is 13.8. The summed E-state index contributed by atoms with van der Waals surface area (Å²) in [5, 5.41) is 19.4. The summed E-state index contributed by atoms with van der Waals surface area (Å²) in [5.41, 5.74) is 0.900. The maximum Gasteiger partial charge on any atom is 0.320 e. The molecule has 1 aliphatic heterocycles. The van der Waals surface area contributed by atoms with Crippen LogP contribution < -0.4 is 0 Å². The molecule has 104 valence electrons. The van der Waals surface area contributed by atoms with Crippen molar-refractivity contribution >= 4 is 5.97 Å². The maximum atomic E-state index is 11.1. The molecule has 1 aromatic rings. The van der Waals surface area contributed by atoms with E-state index in [1.165, 1.54) is 0 Å². The minimum absolute atomic E-state index is 0.154. The Bertz CT molecular complexity index is 421. The zero-order valence-corrected chi connectivity index (χ0v) is 11.2. The van der Waals surface area contributed by atoms with Crippen LogP contribution in [0.3, 0.4) is 0 Å².